The Bertz CT molecular complexity index is 513. The molecule has 16 heavy (non-hydrogen) atoms. The van der Waals surface area contributed by atoms with E-state index in [-0.39, 0.29) is 0 Å². The number of nitrogens with zero attached hydrogens (tertiary/aromatic N) is 2. The van der Waals surface area contributed by atoms with E-state index in [0.717, 1.165) is 15.7 Å². The van der Waals surface area contributed by atoms with E-state index in [0.29, 0.717) is 11.8 Å². The summed E-state index contributed by atoms with van der Waals surface area (Å²) in [4.78, 5) is 8.40. The summed E-state index contributed by atoms with van der Waals surface area (Å²) in [7, 11) is 1.76. The standard InChI is InChI=1S/C11H11BrN4/c1-14-11-15-9(6-10(13)16-11)7-4-2-3-5-8(7)12/h2-6H,1H3,(H3,13,14,15,16). The summed E-state index contributed by atoms with van der Waals surface area (Å²) in [5.41, 5.74) is 7.51. The smallest absolute Gasteiger partial charge is 0.224 e. The van der Waals surface area contributed by atoms with Crippen molar-refractivity contribution in [2.75, 3.05) is 18.1 Å². The fourth-order valence-corrected chi connectivity index (χ4v) is 1.87. The van der Waals surface area contributed by atoms with Crippen LogP contribution >= 0.6 is 15.9 Å². The highest BCUT2D eigenvalue weighted by molar-refractivity contribution is 9.10. The van der Waals surface area contributed by atoms with E-state index < -0.39 is 0 Å². The lowest BCUT2D eigenvalue weighted by Gasteiger charge is -2.06. The van der Waals surface area contributed by atoms with E-state index in [9.17, 15) is 0 Å². The van der Waals surface area contributed by atoms with E-state index in [1.807, 2.05) is 24.3 Å². The molecule has 0 unspecified atom stereocenters. The van der Waals surface area contributed by atoms with Gasteiger partial charge in [-0.05, 0) is 6.07 Å². The Labute approximate surface area is 102 Å². The molecule has 1 heterocycles. The first kappa shape index (κ1) is 10.9. The molecular weight excluding hydrogens is 268 g/mol. The lowest BCUT2D eigenvalue weighted by molar-refractivity contribution is 1.16. The molecule has 2 aromatic rings. The van der Waals surface area contributed by atoms with E-state index in [1.54, 1.807) is 13.1 Å². The molecule has 4 nitrogen and oxygen atoms in total. The third-order valence-electron chi connectivity index (χ3n) is 2.12. The lowest BCUT2D eigenvalue weighted by atomic mass is 10.1. The second-order valence-corrected chi connectivity index (χ2v) is 4.09. The van der Waals surface area contributed by atoms with Gasteiger partial charge < -0.3 is 11.1 Å². The van der Waals surface area contributed by atoms with Crippen LogP contribution in [-0.4, -0.2) is 17.0 Å². The molecule has 0 amide bonds. The van der Waals surface area contributed by atoms with Crippen LogP contribution in [0, 0.1) is 0 Å². The Kier molecular flexibility index (Phi) is 3.05. The number of hydrogen-bond donors (Lipinski definition) is 2. The first-order chi connectivity index (χ1) is 7.70. The summed E-state index contributed by atoms with van der Waals surface area (Å²) in [6.45, 7) is 0. The first-order valence-corrected chi connectivity index (χ1v) is 5.57. The highest BCUT2D eigenvalue weighted by Crippen LogP contribution is 2.27. The van der Waals surface area contributed by atoms with Crippen LogP contribution in [0.2, 0.25) is 0 Å². The molecule has 1 aromatic carbocycles. The van der Waals surface area contributed by atoms with Crippen molar-refractivity contribution in [3.05, 3.63) is 34.8 Å². The van der Waals surface area contributed by atoms with E-state index in [2.05, 4.69) is 31.2 Å². The number of hydrogen-bond acceptors (Lipinski definition) is 4. The normalized spacial score (nSPS) is 10.1. The van der Waals surface area contributed by atoms with Gasteiger partial charge in [0.25, 0.3) is 0 Å². The molecule has 0 radical (unpaired) electrons. The van der Waals surface area contributed by atoms with Gasteiger partial charge >= 0.3 is 0 Å². The molecule has 5 heteroatoms. The number of nitrogens with two attached hydrogens (primary N) is 1. The number of rotatable bonds is 2. The third kappa shape index (κ3) is 2.14. The largest absolute Gasteiger partial charge is 0.384 e. The SMILES string of the molecule is CNc1nc(N)cc(-c2ccccc2Br)n1. The fraction of sp³-hybridized carbons (Fsp3) is 0.0909. The molecule has 0 aliphatic carbocycles. The van der Waals surface area contributed by atoms with Crippen LogP contribution in [0.5, 0.6) is 0 Å². The zero-order chi connectivity index (χ0) is 11.5. The summed E-state index contributed by atoms with van der Waals surface area (Å²) in [6, 6.07) is 9.60. The molecule has 0 aliphatic rings. The van der Waals surface area contributed by atoms with Crippen molar-refractivity contribution in [2.24, 2.45) is 0 Å². The molecule has 0 atom stereocenters. The van der Waals surface area contributed by atoms with Crippen LogP contribution in [0.15, 0.2) is 34.8 Å². The maximum atomic E-state index is 5.72. The number of aromatic nitrogens is 2. The minimum atomic E-state index is 0.449. The van der Waals surface area contributed by atoms with Gasteiger partial charge in [-0.15, -0.1) is 0 Å². The monoisotopic (exact) mass is 278 g/mol. The number of halogens is 1. The van der Waals surface area contributed by atoms with Gasteiger partial charge in [-0.2, -0.15) is 4.98 Å². The topological polar surface area (TPSA) is 63.8 Å². The molecule has 3 N–H and O–H groups in total. The number of nitrogen functional groups attached to an aromatic ring is 1. The Morgan fingerprint density at radius 1 is 1.25 bits per heavy atom. The number of benzene rings is 1. The summed E-state index contributed by atoms with van der Waals surface area (Å²) < 4.78 is 0.982. The van der Waals surface area contributed by atoms with Crippen LogP contribution in [0.1, 0.15) is 0 Å². The van der Waals surface area contributed by atoms with Crippen LogP contribution in [0.25, 0.3) is 11.3 Å². The van der Waals surface area contributed by atoms with Crippen LogP contribution < -0.4 is 11.1 Å². The average Bonchev–Trinajstić information content (AvgIpc) is 2.28. The van der Waals surface area contributed by atoms with Crippen molar-refractivity contribution >= 4 is 27.7 Å². The molecule has 0 fully saturated rings. The maximum Gasteiger partial charge on any atom is 0.224 e. The predicted octanol–water partition coefficient (Wildman–Crippen LogP) is 2.53. The van der Waals surface area contributed by atoms with Gasteiger partial charge in [-0.3, -0.25) is 0 Å². The second-order valence-electron chi connectivity index (χ2n) is 3.23. The van der Waals surface area contributed by atoms with Gasteiger partial charge in [0.1, 0.15) is 5.82 Å². The van der Waals surface area contributed by atoms with Crippen molar-refractivity contribution in [1.29, 1.82) is 0 Å². The molecule has 0 saturated carbocycles. The summed E-state index contributed by atoms with van der Waals surface area (Å²) >= 11 is 3.48. The van der Waals surface area contributed by atoms with Gasteiger partial charge in [0.05, 0.1) is 5.69 Å². The molecule has 0 spiro atoms. The summed E-state index contributed by atoms with van der Waals surface area (Å²) in [5.74, 6) is 0.968. The van der Waals surface area contributed by atoms with E-state index in [1.165, 1.54) is 0 Å². The Balaban J connectivity index is 2.56. The Hall–Kier alpha value is -1.62. The van der Waals surface area contributed by atoms with Gasteiger partial charge in [0.15, 0.2) is 0 Å². The average molecular weight is 279 g/mol. The molecule has 0 bridgehead atoms. The third-order valence-corrected chi connectivity index (χ3v) is 2.81. The summed E-state index contributed by atoms with van der Waals surface area (Å²) in [5, 5.41) is 2.88. The van der Waals surface area contributed by atoms with Crippen molar-refractivity contribution in [1.82, 2.24) is 9.97 Å². The van der Waals surface area contributed by atoms with Crippen molar-refractivity contribution in [2.45, 2.75) is 0 Å². The van der Waals surface area contributed by atoms with E-state index in [4.69, 9.17) is 5.73 Å². The molecular formula is C11H11BrN4. The minimum absolute atomic E-state index is 0.449. The number of anilines is 2. The quantitative estimate of drug-likeness (QED) is 0.886. The molecule has 1 aromatic heterocycles. The predicted molar refractivity (Wildman–Crippen MR) is 69.1 cm³/mol. The second kappa shape index (κ2) is 4.49. The number of nitrogens with one attached hydrogen (secondary N) is 1. The van der Waals surface area contributed by atoms with Gasteiger partial charge in [-0.1, -0.05) is 34.1 Å². The van der Waals surface area contributed by atoms with Gasteiger partial charge in [-0.25, -0.2) is 4.98 Å². The molecule has 2 rings (SSSR count). The summed E-state index contributed by atoms with van der Waals surface area (Å²) in [6.07, 6.45) is 0. The lowest BCUT2D eigenvalue weighted by Crippen LogP contribution is -2.01. The highest BCUT2D eigenvalue weighted by Gasteiger charge is 2.06. The Morgan fingerprint density at radius 3 is 2.69 bits per heavy atom. The first-order valence-electron chi connectivity index (χ1n) is 4.78. The van der Waals surface area contributed by atoms with Crippen LogP contribution in [0.4, 0.5) is 11.8 Å². The van der Waals surface area contributed by atoms with Crippen LogP contribution in [-0.2, 0) is 0 Å². The van der Waals surface area contributed by atoms with Crippen LogP contribution in [0.3, 0.4) is 0 Å². The zero-order valence-corrected chi connectivity index (χ0v) is 10.3. The maximum absolute atomic E-state index is 5.72. The van der Waals surface area contributed by atoms with Crippen molar-refractivity contribution < 1.29 is 0 Å². The molecule has 0 saturated heterocycles. The highest BCUT2D eigenvalue weighted by atomic mass is 79.9. The fourth-order valence-electron chi connectivity index (χ4n) is 1.38. The van der Waals surface area contributed by atoms with Crippen molar-refractivity contribution in [3.63, 3.8) is 0 Å². The zero-order valence-electron chi connectivity index (χ0n) is 8.74. The van der Waals surface area contributed by atoms with Gasteiger partial charge in [0, 0.05) is 23.2 Å². The molecule has 0 aliphatic heterocycles. The van der Waals surface area contributed by atoms with Gasteiger partial charge in [0.2, 0.25) is 5.95 Å². The Morgan fingerprint density at radius 2 is 2.00 bits per heavy atom. The minimum Gasteiger partial charge on any atom is -0.384 e. The van der Waals surface area contributed by atoms with E-state index >= 15 is 0 Å². The van der Waals surface area contributed by atoms with Crippen molar-refractivity contribution in [3.8, 4) is 11.3 Å². The molecule has 82 valence electrons.